The summed E-state index contributed by atoms with van der Waals surface area (Å²) in [5, 5.41) is -0.356. The number of imide groups is 1. The Labute approximate surface area is 152 Å². The van der Waals surface area contributed by atoms with Crippen LogP contribution in [0.5, 0.6) is 0 Å². The van der Waals surface area contributed by atoms with Crippen LogP contribution in [-0.2, 0) is 14.4 Å². The van der Waals surface area contributed by atoms with E-state index >= 15 is 0 Å². The van der Waals surface area contributed by atoms with Crippen LogP contribution in [0.2, 0.25) is 0 Å². The van der Waals surface area contributed by atoms with Crippen molar-refractivity contribution in [3.05, 3.63) is 35.9 Å². The first-order chi connectivity index (χ1) is 11.7. The van der Waals surface area contributed by atoms with Crippen molar-refractivity contribution in [3.8, 4) is 0 Å². The van der Waals surface area contributed by atoms with Gasteiger partial charge in [-0.25, -0.2) is 0 Å². The quantitative estimate of drug-likeness (QED) is 0.458. The molecular formula is C19H23NO4S. The zero-order valence-electron chi connectivity index (χ0n) is 14.9. The summed E-state index contributed by atoms with van der Waals surface area (Å²) in [5.41, 5.74) is 0.380. The van der Waals surface area contributed by atoms with E-state index in [-0.39, 0.29) is 28.7 Å². The monoisotopic (exact) mass is 361 g/mol. The second kappa shape index (κ2) is 7.52. The van der Waals surface area contributed by atoms with Gasteiger partial charge in [0.05, 0.1) is 5.92 Å². The van der Waals surface area contributed by atoms with Gasteiger partial charge < -0.3 is 0 Å². The smallest absolute Gasteiger partial charge is 0.234 e. The number of Topliss-reactive ketones (excluding diaryl/α,β-unsaturated/α-hetero) is 1. The van der Waals surface area contributed by atoms with Crippen molar-refractivity contribution in [1.29, 1.82) is 0 Å². The summed E-state index contributed by atoms with van der Waals surface area (Å²) in [4.78, 5) is 51.6. The van der Waals surface area contributed by atoms with Crippen LogP contribution in [0.1, 0.15) is 44.5 Å². The van der Waals surface area contributed by atoms with Crippen molar-refractivity contribution in [2.45, 2.75) is 38.9 Å². The van der Waals surface area contributed by atoms with Gasteiger partial charge in [-0.3, -0.25) is 24.1 Å². The third-order valence-corrected chi connectivity index (χ3v) is 5.07. The van der Waals surface area contributed by atoms with E-state index in [4.69, 9.17) is 0 Å². The first kappa shape index (κ1) is 19.4. The lowest BCUT2D eigenvalue weighted by molar-refractivity contribution is -0.140. The molecule has 5 nitrogen and oxygen atoms in total. The van der Waals surface area contributed by atoms with Gasteiger partial charge in [-0.2, -0.15) is 0 Å². The molecular weight excluding hydrogens is 338 g/mol. The third-order valence-electron chi connectivity index (χ3n) is 4.00. The Hall–Kier alpha value is -1.95. The van der Waals surface area contributed by atoms with E-state index in [0.29, 0.717) is 5.56 Å². The third kappa shape index (κ3) is 4.37. The Morgan fingerprint density at radius 3 is 2.28 bits per heavy atom. The van der Waals surface area contributed by atoms with E-state index in [0.717, 1.165) is 16.7 Å². The largest absolute Gasteiger partial charge is 0.293 e. The summed E-state index contributed by atoms with van der Waals surface area (Å²) < 4.78 is -0.387. The minimum atomic E-state index is -1.14. The first-order valence-corrected chi connectivity index (χ1v) is 9.13. The molecule has 1 aromatic rings. The van der Waals surface area contributed by atoms with Crippen molar-refractivity contribution in [3.63, 3.8) is 0 Å². The van der Waals surface area contributed by atoms with Gasteiger partial charge in [0.25, 0.3) is 0 Å². The van der Waals surface area contributed by atoms with Crippen molar-refractivity contribution in [2.75, 3.05) is 6.54 Å². The Bertz CT molecular complexity index is 693. The molecule has 25 heavy (non-hydrogen) atoms. The molecule has 1 fully saturated rings. The van der Waals surface area contributed by atoms with Gasteiger partial charge in [0.15, 0.2) is 5.78 Å². The lowest BCUT2D eigenvalue weighted by Crippen LogP contribution is -2.37. The standard InChI is InChI=1S/C19H23NO4S/c1-5-20-14(21)11-13(17(20)23)15(18(24)25-19(2,3)4)16(22)12-9-7-6-8-10-12/h6-10,13,15H,5,11H2,1-4H3/t13-,15?/m0/s1. The van der Waals surface area contributed by atoms with E-state index in [1.165, 1.54) is 0 Å². The van der Waals surface area contributed by atoms with Crippen molar-refractivity contribution < 1.29 is 19.2 Å². The highest BCUT2D eigenvalue weighted by Crippen LogP contribution is 2.36. The molecule has 2 rings (SSSR count). The molecule has 1 aliphatic rings. The number of carbonyl (C=O) groups excluding carboxylic acids is 4. The summed E-state index contributed by atoms with van der Waals surface area (Å²) in [6, 6.07) is 8.46. The number of hydrogen-bond donors (Lipinski definition) is 0. The molecule has 0 aromatic heterocycles. The van der Waals surface area contributed by atoms with Gasteiger partial charge in [-0.15, -0.1) is 0 Å². The maximum atomic E-state index is 13.0. The van der Waals surface area contributed by atoms with Crippen LogP contribution >= 0.6 is 11.8 Å². The number of hydrogen-bond acceptors (Lipinski definition) is 5. The zero-order valence-corrected chi connectivity index (χ0v) is 15.8. The van der Waals surface area contributed by atoms with Gasteiger partial charge in [0.2, 0.25) is 16.9 Å². The van der Waals surface area contributed by atoms with Gasteiger partial charge in [-0.1, -0.05) is 62.9 Å². The number of amides is 2. The highest BCUT2D eigenvalue weighted by Gasteiger charge is 2.48. The molecule has 1 aromatic carbocycles. The highest BCUT2D eigenvalue weighted by atomic mass is 32.2. The van der Waals surface area contributed by atoms with Crippen LogP contribution in [0.3, 0.4) is 0 Å². The molecule has 0 bridgehead atoms. The molecule has 0 saturated carbocycles. The molecule has 0 aliphatic carbocycles. The molecule has 1 heterocycles. The molecule has 1 saturated heterocycles. The fourth-order valence-electron chi connectivity index (χ4n) is 2.90. The fourth-order valence-corrected chi connectivity index (χ4v) is 3.90. The van der Waals surface area contributed by atoms with Crippen LogP contribution in [0, 0.1) is 11.8 Å². The number of rotatable bonds is 5. The Balaban J connectivity index is 2.39. The molecule has 1 aliphatic heterocycles. The molecule has 0 N–H and O–H groups in total. The number of carbonyl (C=O) groups is 4. The minimum absolute atomic E-state index is 0.0909. The second-order valence-corrected chi connectivity index (χ2v) is 8.86. The van der Waals surface area contributed by atoms with Crippen molar-refractivity contribution in [1.82, 2.24) is 4.90 Å². The van der Waals surface area contributed by atoms with Gasteiger partial charge >= 0.3 is 0 Å². The SMILES string of the molecule is CCN1C(=O)C[C@@H](C(C(=O)SC(C)(C)C)C(=O)c2ccccc2)C1=O. The van der Waals surface area contributed by atoms with Gasteiger partial charge in [0.1, 0.15) is 5.92 Å². The molecule has 134 valence electrons. The van der Waals surface area contributed by atoms with E-state index in [2.05, 4.69) is 0 Å². The number of benzene rings is 1. The van der Waals surface area contributed by atoms with E-state index < -0.39 is 23.5 Å². The molecule has 2 amide bonds. The predicted octanol–water partition coefficient (Wildman–Crippen LogP) is 2.94. The number of ketones is 1. The number of nitrogens with zero attached hydrogens (tertiary/aromatic N) is 1. The zero-order chi connectivity index (χ0) is 18.8. The summed E-state index contributed by atoms with van der Waals surface area (Å²) in [7, 11) is 0. The van der Waals surface area contributed by atoms with Crippen molar-refractivity contribution >= 4 is 34.5 Å². The van der Waals surface area contributed by atoms with E-state index in [9.17, 15) is 19.2 Å². The topological polar surface area (TPSA) is 71.5 Å². The molecule has 1 unspecified atom stereocenters. The molecule has 2 atom stereocenters. The Kier molecular flexibility index (Phi) is 5.83. The summed E-state index contributed by atoms with van der Waals surface area (Å²) >= 11 is 1.04. The lowest BCUT2D eigenvalue weighted by Gasteiger charge is -2.24. The Morgan fingerprint density at radius 1 is 1.20 bits per heavy atom. The summed E-state index contributed by atoms with van der Waals surface area (Å²) in [5.74, 6) is -3.20. The van der Waals surface area contributed by atoms with Gasteiger partial charge in [0, 0.05) is 23.3 Å². The van der Waals surface area contributed by atoms with E-state index in [1.807, 2.05) is 20.8 Å². The Morgan fingerprint density at radius 2 is 1.80 bits per heavy atom. The maximum absolute atomic E-state index is 13.0. The fraction of sp³-hybridized carbons (Fsp3) is 0.474. The first-order valence-electron chi connectivity index (χ1n) is 8.32. The van der Waals surface area contributed by atoms with Gasteiger partial charge in [-0.05, 0) is 6.92 Å². The second-order valence-electron chi connectivity index (χ2n) is 7.03. The molecule has 0 spiro atoms. The van der Waals surface area contributed by atoms with Crippen LogP contribution < -0.4 is 0 Å². The normalized spacial score (nSPS) is 19.2. The minimum Gasteiger partial charge on any atom is -0.293 e. The average Bonchev–Trinajstić information content (AvgIpc) is 2.80. The summed E-state index contributed by atoms with van der Waals surface area (Å²) in [6.45, 7) is 7.58. The van der Waals surface area contributed by atoms with Crippen LogP contribution in [-0.4, -0.2) is 38.9 Å². The lowest BCUT2D eigenvalue weighted by atomic mass is 9.85. The molecule has 6 heteroatoms. The highest BCUT2D eigenvalue weighted by molar-refractivity contribution is 8.14. The van der Waals surface area contributed by atoms with Crippen LogP contribution in [0.25, 0.3) is 0 Å². The maximum Gasteiger partial charge on any atom is 0.234 e. The average molecular weight is 361 g/mol. The van der Waals surface area contributed by atoms with Crippen molar-refractivity contribution in [2.24, 2.45) is 11.8 Å². The number of thioether (sulfide) groups is 1. The number of likely N-dealkylation sites (tertiary alicyclic amines) is 1. The summed E-state index contributed by atoms with van der Waals surface area (Å²) in [6.07, 6.45) is -0.0909. The van der Waals surface area contributed by atoms with Crippen LogP contribution in [0.15, 0.2) is 30.3 Å². The van der Waals surface area contributed by atoms with Crippen LogP contribution in [0.4, 0.5) is 0 Å². The van der Waals surface area contributed by atoms with E-state index in [1.54, 1.807) is 37.3 Å². The predicted molar refractivity (Wildman–Crippen MR) is 97.1 cm³/mol. The molecule has 0 radical (unpaired) electrons.